The fourth-order valence-corrected chi connectivity index (χ4v) is 6.93. The van der Waals surface area contributed by atoms with Crippen LogP contribution in [0.1, 0.15) is 0 Å². The first kappa shape index (κ1) is 27.4. The molecule has 220 valence electrons. The molecule has 0 atom stereocenters. The molecular formula is C43H26ClN3. The largest absolute Gasteiger partial charge is 0.226 e. The Balaban J connectivity index is 1.14. The highest BCUT2D eigenvalue weighted by Gasteiger charge is 2.14. The summed E-state index contributed by atoms with van der Waals surface area (Å²) in [7, 11) is 0. The molecule has 0 fully saturated rings. The second-order valence-corrected chi connectivity index (χ2v) is 12.2. The normalized spacial score (nSPS) is 11.5. The summed E-state index contributed by atoms with van der Waals surface area (Å²) in [5.74, 6) is 1.08. The van der Waals surface area contributed by atoms with Gasteiger partial charge in [-0.3, -0.25) is 0 Å². The Morgan fingerprint density at radius 2 is 0.915 bits per heavy atom. The Kier molecular flexibility index (Phi) is 6.51. The fourth-order valence-electron chi connectivity index (χ4n) is 6.77. The molecule has 0 radical (unpaired) electrons. The van der Waals surface area contributed by atoms with Gasteiger partial charge in [0, 0.05) is 11.1 Å². The molecule has 47 heavy (non-hydrogen) atoms. The van der Waals surface area contributed by atoms with Crippen molar-refractivity contribution in [3.05, 3.63) is 163 Å². The van der Waals surface area contributed by atoms with Crippen molar-refractivity contribution in [3.8, 4) is 45.0 Å². The molecule has 9 aromatic rings. The monoisotopic (exact) mass is 619 g/mol. The lowest BCUT2D eigenvalue weighted by molar-refractivity contribution is 1.07. The van der Waals surface area contributed by atoms with Gasteiger partial charge in [-0.25, -0.2) is 4.98 Å². The number of fused-ring (bicyclic) bond motifs is 5. The first-order chi connectivity index (χ1) is 23.2. The van der Waals surface area contributed by atoms with Crippen molar-refractivity contribution in [2.45, 2.75) is 0 Å². The topological polar surface area (TPSA) is 38.7 Å². The van der Waals surface area contributed by atoms with E-state index in [1.807, 2.05) is 12.1 Å². The van der Waals surface area contributed by atoms with Crippen LogP contribution in [0.4, 0.5) is 0 Å². The van der Waals surface area contributed by atoms with Crippen molar-refractivity contribution in [1.82, 2.24) is 15.0 Å². The molecule has 4 heteroatoms. The number of benzene rings is 8. The smallest absolute Gasteiger partial charge is 0.208 e. The predicted octanol–water partition coefficient (Wildman–Crippen LogP) is 11.8. The standard InChI is InChI=1S/C43H26ClN3/c44-43-46-41(34-14-5-13-31(25-34)37-16-6-11-28-9-3-4-15-36(28)37)45-42(47-43)35-22-23-39-33(26-35)21-19-29-12-7-17-38(40(29)39)32-20-18-27-8-1-2-10-30(27)24-32/h1-26H. The highest BCUT2D eigenvalue weighted by molar-refractivity contribution is 6.28. The maximum absolute atomic E-state index is 6.55. The average molecular weight is 620 g/mol. The minimum atomic E-state index is 0.165. The molecule has 1 aromatic heterocycles. The van der Waals surface area contributed by atoms with Gasteiger partial charge in [0.15, 0.2) is 11.6 Å². The van der Waals surface area contributed by atoms with Crippen LogP contribution in [-0.4, -0.2) is 15.0 Å². The molecule has 3 nitrogen and oxygen atoms in total. The van der Waals surface area contributed by atoms with E-state index in [0.717, 1.165) is 27.6 Å². The van der Waals surface area contributed by atoms with E-state index in [-0.39, 0.29) is 5.28 Å². The van der Waals surface area contributed by atoms with Gasteiger partial charge in [-0.15, -0.1) is 0 Å². The van der Waals surface area contributed by atoms with E-state index in [0.29, 0.717) is 11.6 Å². The summed E-state index contributed by atoms with van der Waals surface area (Å²) in [6, 6.07) is 55.6. The second-order valence-electron chi connectivity index (χ2n) is 11.8. The van der Waals surface area contributed by atoms with Crippen molar-refractivity contribution < 1.29 is 0 Å². The third-order valence-corrected chi connectivity index (χ3v) is 9.18. The first-order valence-electron chi connectivity index (χ1n) is 15.6. The van der Waals surface area contributed by atoms with Crippen molar-refractivity contribution in [3.63, 3.8) is 0 Å². The molecule has 0 aliphatic carbocycles. The molecule has 9 rings (SSSR count). The predicted molar refractivity (Wildman–Crippen MR) is 197 cm³/mol. The highest BCUT2D eigenvalue weighted by Crippen LogP contribution is 2.37. The van der Waals surface area contributed by atoms with Crippen LogP contribution in [0, 0.1) is 0 Å². The van der Waals surface area contributed by atoms with E-state index in [4.69, 9.17) is 16.6 Å². The molecule has 0 amide bonds. The van der Waals surface area contributed by atoms with Gasteiger partial charge < -0.3 is 0 Å². The molecule has 0 saturated carbocycles. The van der Waals surface area contributed by atoms with Gasteiger partial charge in [0.25, 0.3) is 0 Å². The number of rotatable bonds is 4. The summed E-state index contributed by atoms with van der Waals surface area (Å²) in [6.07, 6.45) is 0. The van der Waals surface area contributed by atoms with E-state index >= 15 is 0 Å². The summed E-state index contributed by atoms with van der Waals surface area (Å²) in [4.78, 5) is 14.0. The second kappa shape index (κ2) is 11.2. The molecule has 0 aliphatic rings. The van der Waals surface area contributed by atoms with Gasteiger partial charge >= 0.3 is 0 Å². The Labute approximate surface area is 276 Å². The zero-order valence-corrected chi connectivity index (χ0v) is 26.0. The Morgan fingerprint density at radius 3 is 1.79 bits per heavy atom. The summed E-state index contributed by atoms with van der Waals surface area (Å²) in [5, 5.41) is 9.76. The van der Waals surface area contributed by atoms with Crippen LogP contribution >= 0.6 is 11.6 Å². The number of halogens is 1. The lowest BCUT2D eigenvalue weighted by Gasteiger charge is -2.12. The Hall–Kier alpha value is -5.90. The van der Waals surface area contributed by atoms with Gasteiger partial charge in [-0.05, 0) is 95.1 Å². The zero-order chi connectivity index (χ0) is 31.3. The fraction of sp³-hybridized carbons (Fsp3) is 0. The van der Waals surface area contributed by atoms with Gasteiger partial charge in [-0.1, -0.05) is 140 Å². The summed E-state index contributed by atoms with van der Waals surface area (Å²) >= 11 is 6.55. The lowest BCUT2D eigenvalue weighted by atomic mass is 9.92. The van der Waals surface area contributed by atoms with Crippen molar-refractivity contribution in [1.29, 1.82) is 0 Å². The van der Waals surface area contributed by atoms with Crippen molar-refractivity contribution in [2.24, 2.45) is 0 Å². The first-order valence-corrected chi connectivity index (χ1v) is 16.0. The van der Waals surface area contributed by atoms with Gasteiger partial charge in [-0.2, -0.15) is 9.97 Å². The van der Waals surface area contributed by atoms with Crippen molar-refractivity contribution >= 4 is 54.7 Å². The summed E-state index contributed by atoms with van der Waals surface area (Å²) in [5.41, 5.74) is 6.43. The summed E-state index contributed by atoms with van der Waals surface area (Å²) < 4.78 is 0. The SMILES string of the molecule is Clc1nc(-c2cccc(-c3cccc4ccccc34)c2)nc(-c2ccc3c(ccc4cccc(-c5ccc6ccccc6c5)c43)c2)n1. The van der Waals surface area contributed by atoms with E-state index < -0.39 is 0 Å². The molecule has 0 bridgehead atoms. The quantitative estimate of drug-likeness (QED) is 0.184. The third kappa shape index (κ3) is 4.89. The number of nitrogens with zero attached hydrogens (tertiary/aromatic N) is 3. The third-order valence-electron chi connectivity index (χ3n) is 9.01. The van der Waals surface area contributed by atoms with Crippen molar-refractivity contribution in [2.75, 3.05) is 0 Å². The summed E-state index contributed by atoms with van der Waals surface area (Å²) in [6.45, 7) is 0. The van der Waals surface area contributed by atoms with E-state index in [1.54, 1.807) is 0 Å². The van der Waals surface area contributed by atoms with Crippen LogP contribution in [0.3, 0.4) is 0 Å². The van der Waals surface area contributed by atoms with Crippen LogP contribution in [0.2, 0.25) is 5.28 Å². The van der Waals surface area contributed by atoms with Gasteiger partial charge in [0.2, 0.25) is 5.28 Å². The minimum Gasteiger partial charge on any atom is -0.208 e. The molecular weight excluding hydrogens is 594 g/mol. The zero-order valence-electron chi connectivity index (χ0n) is 25.2. The molecule has 0 spiro atoms. The molecule has 8 aromatic carbocycles. The van der Waals surface area contributed by atoms with E-state index in [1.165, 1.54) is 48.8 Å². The van der Waals surface area contributed by atoms with Crippen LogP contribution in [0.5, 0.6) is 0 Å². The van der Waals surface area contributed by atoms with Gasteiger partial charge in [0.1, 0.15) is 0 Å². The number of aromatic nitrogens is 3. The molecule has 1 heterocycles. The maximum Gasteiger partial charge on any atom is 0.226 e. The highest BCUT2D eigenvalue weighted by atomic mass is 35.5. The molecule has 0 unspecified atom stereocenters. The lowest BCUT2D eigenvalue weighted by Crippen LogP contribution is -1.97. The van der Waals surface area contributed by atoms with Crippen LogP contribution in [-0.2, 0) is 0 Å². The van der Waals surface area contributed by atoms with E-state index in [2.05, 4.69) is 156 Å². The minimum absolute atomic E-state index is 0.165. The molecule has 0 aliphatic heterocycles. The van der Waals surface area contributed by atoms with Crippen LogP contribution < -0.4 is 0 Å². The van der Waals surface area contributed by atoms with Crippen LogP contribution in [0.15, 0.2) is 158 Å². The average Bonchev–Trinajstić information content (AvgIpc) is 3.13. The molecule has 0 N–H and O–H groups in total. The van der Waals surface area contributed by atoms with Gasteiger partial charge in [0.05, 0.1) is 0 Å². The maximum atomic E-state index is 6.55. The van der Waals surface area contributed by atoms with E-state index in [9.17, 15) is 0 Å². The number of hydrogen-bond acceptors (Lipinski definition) is 3. The molecule has 0 saturated heterocycles. The van der Waals surface area contributed by atoms with Crippen LogP contribution in [0.25, 0.3) is 88.1 Å². The Bertz CT molecular complexity index is 2660. The number of hydrogen-bond donors (Lipinski definition) is 0. The Morgan fingerprint density at radius 1 is 0.340 bits per heavy atom.